The number of ether oxygens (including phenoxy) is 1. The van der Waals surface area contributed by atoms with E-state index >= 15 is 0 Å². The molecule has 128 valence electrons. The van der Waals surface area contributed by atoms with Gasteiger partial charge in [-0.2, -0.15) is 5.10 Å². The zero-order valence-corrected chi connectivity index (χ0v) is 15.4. The molecule has 0 aliphatic carbocycles. The van der Waals surface area contributed by atoms with Crippen LogP contribution in [0.4, 0.5) is 0 Å². The fourth-order valence-electron chi connectivity index (χ4n) is 3.27. The van der Waals surface area contributed by atoms with Crippen molar-refractivity contribution >= 4 is 32.6 Å². The highest BCUT2D eigenvalue weighted by molar-refractivity contribution is 9.10. The fraction of sp³-hybridized carbons (Fsp3) is 0.211. The highest BCUT2D eigenvalue weighted by atomic mass is 79.9. The molecule has 3 aromatic rings. The van der Waals surface area contributed by atoms with Crippen LogP contribution in [0.1, 0.15) is 29.3 Å². The van der Waals surface area contributed by atoms with E-state index in [9.17, 15) is 5.11 Å². The van der Waals surface area contributed by atoms with E-state index < -0.39 is 0 Å². The van der Waals surface area contributed by atoms with E-state index in [1.54, 1.807) is 13.2 Å². The Morgan fingerprint density at radius 2 is 2.12 bits per heavy atom. The van der Waals surface area contributed by atoms with Crippen LogP contribution in [-0.2, 0) is 0 Å². The predicted molar refractivity (Wildman–Crippen MR) is 100 cm³/mol. The van der Waals surface area contributed by atoms with Crippen LogP contribution in [0.25, 0.3) is 11.0 Å². The van der Waals surface area contributed by atoms with E-state index in [1.807, 2.05) is 37.3 Å². The number of rotatable bonds is 3. The highest BCUT2D eigenvalue weighted by Crippen LogP contribution is 2.36. The number of phenols is 1. The van der Waals surface area contributed by atoms with Gasteiger partial charge in [0.25, 0.3) is 0 Å². The van der Waals surface area contributed by atoms with Gasteiger partial charge in [-0.15, -0.1) is 0 Å². The van der Waals surface area contributed by atoms with Gasteiger partial charge in [-0.3, -0.25) is 0 Å². The Morgan fingerprint density at radius 3 is 2.88 bits per heavy atom. The Labute approximate surface area is 153 Å². The monoisotopic (exact) mass is 400 g/mol. The SMILES string of the molecule is COc1ccc2oc(C)c(C3=NN[C@H](c4ccc(Br)cc4O)C3)c2c1. The zero-order valence-electron chi connectivity index (χ0n) is 13.8. The molecule has 0 radical (unpaired) electrons. The second-order valence-corrected chi connectivity index (χ2v) is 6.96. The molecule has 0 saturated carbocycles. The molecule has 2 aromatic carbocycles. The largest absolute Gasteiger partial charge is 0.508 e. The molecule has 0 saturated heterocycles. The minimum atomic E-state index is -0.0712. The van der Waals surface area contributed by atoms with Crippen molar-refractivity contribution in [2.24, 2.45) is 5.10 Å². The van der Waals surface area contributed by atoms with E-state index in [0.29, 0.717) is 6.42 Å². The maximum atomic E-state index is 10.2. The van der Waals surface area contributed by atoms with Crippen molar-refractivity contribution in [1.82, 2.24) is 5.43 Å². The molecule has 2 heterocycles. The number of hydrazone groups is 1. The number of fused-ring (bicyclic) bond motifs is 1. The summed E-state index contributed by atoms with van der Waals surface area (Å²) in [6.07, 6.45) is 0.669. The first-order chi connectivity index (χ1) is 12.1. The number of aryl methyl sites for hydroxylation is 1. The van der Waals surface area contributed by atoms with Crippen molar-refractivity contribution < 1.29 is 14.3 Å². The van der Waals surface area contributed by atoms with E-state index in [1.165, 1.54) is 0 Å². The lowest BCUT2D eigenvalue weighted by atomic mass is 9.97. The quantitative estimate of drug-likeness (QED) is 0.670. The maximum Gasteiger partial charge on any atom is 0.135 e. The van der Waals surface area contributed by atoms with Gasteiger partial charge in [0.1, 0.15) is 22.8 Å². The van der Waals surface area contributed by atoms with Crippen molar-refractivity contribution in [2.75, 3.05) is 7.11 Å². The molecule has 1 aliphatic heterocycles. The second-order valence-electron chi connectivity index (χ2n) is 6.04. The smallest absolute Gasteiger partial charge is 0.135 e. The summed E-state index contributed by atoms with van der Waals surface area (Å²) in [6, 6.07) is 11.2. The predicted octanol–water partition coefficient (Wildman–Crippen LogP) is 4.66. The van der Waals surface area contributed by atoms with Gasteiger partial charge in [-0.05, 0) is 37.3 Å². The van der Waals surface area contributed by atoms with Gasteiger partial charge in [0.05, 0.1) is 18.9 Å². The summed E-state index contributed by atoms with van der Waals surface area (Å²) in [5, 5.41) is 15.7. The zero-order chi connectivity index (χ0) is 17.6. The Balaban J connectivity index is 1.70. The summed E-state index contributed by atoms with van der Waals surface area (Å²) in [7, 11) is 1.65. The lowest BCUT2D eigenvalue weighted by Crippen LogP contribution is -2.10. The summed E-state index contributed by atoms with van der Waals surface area (Å²) in [5.74, 6) is 1.85. The molecule has 0 amide bonds. The average molecular weight is 401 g/mol. The van der Waals surface area contributed by atoms with E-state index in [0.717, 1.165) is 43.8 Å². The number of nitrogens with zero attached hydrogens (tertiary/aromatic N) is 1. The van der Waals surface area contributed by atoms with E-state index in [4.69, 9.17) is 9.15 Å². The Morgan fingerprint density at radius 1 is 1.28 bits per heavy atom. The van der Waals surface area contributed by atoms with Crippen molar-refractivity contribution in [3.63, 3.8) is 0 Å². The van der Waals surface area contributed by atoms with Crippen LogP contribution in [0.15, 0.2) is 50.4 Å². The Kier molecular flexibility index (Phi) is 3.92. The normalized spacial score (nSPS) is 16.8. The van der Waals surface area contributed by atoms with Crippen molar-refractivity contribution in [3.05, 3.63) is 57.8 Å². The first-order valence-electron chi connectivity index (χ1n) is 7.95. The molecular weight excluding hydrogens is 384 g/mol. The summed E-state index contributed by atoms with van der Waals surface area (Å²) >= 11 is 3.37. The fourth-order valence-corrected chi connectivity index (χ4v) is 3.62. The van der Waals surface area contributed by atoms with Crippen LogP contribution in [-0.4, -0.2) is 17.9 Å². The van der Waals surface area contributed by atoms with Gasteiger partial charge in [0.2, 0.25) is 0 Å². The minimum absolute atomic E-state index is 0.0712. The molecule has 0 fully saturated rings. The van der Waals surface area contributed by atoms with Crippen molar-refractivity contribution in [3.8, 4) is 11.5 Å². The Bertz CT molecular complexity index is 994. The first-order valence-corrected chi connectivity index (χ1v) is 8.74. The maximum absolute atomic E-state index is 10.2. The van der Waals surface area contributed by atoms with E-state index in [2.05, 4.69) is 26.5 Å². The number of benzene rings is 2. The van der Waals surface area contributed by atoms with E-state index in [-0.39, 0.29) is 11.8 Å². The van der Waals surface area contributed by atoms with Crippen LogP contribution >= 0.6 is 15.9 Å². The van der Waals surface area contributed by atoms with Crippen molar-refractivity contribution in [1.29, 1.82) is 0 Å². The number of hydrogen-bond acceptors (Lipinski definition) is 5. The van der Waals surface area contributed by atoms with Gasteiger partial charge >= 0.3 is 0 Å². The second kappa shape index (κ2) is 6.11. The first kappa shape index (κ1) is 16.0. The number of aromatic hydroxyl groups is 1. The average Bonchev–Trinajstić information content (AvgIpc) is 3.17. The Hall–Kier alpha value is -2.47. The van der Waals surface area contributed by atoms with Gasteiger partial charge in [-0.25, -0.2) is 0 Å². The third-order valence-electron chi connectivity index (χ3n) is 4.48. The lowest BCUT2D eigenvalue weighted by Gasteiger charge is -2.12. The molecule has 0 spiro atoms. The van der Waals surface area contributed by atoms with Crippen LogP contribution in [0, 0.1) is 6.92 Å². The third-order valence-corrected chi connectivity index (χ3v) is 4.97. The van der Waals surface area contributed by atoms with Gasteiger partial charge in [0.15, 0.2) is 0 Å². The molecule has 2 N–H and O–H groups in total. The number of methoxy groups -OCH3 is 1. The summed E-state index contributed by atoms with van der Waals surface area (Å²) < 4.78 is 12.0. The van der Waals surface area contributed by atoms with Gasteiger partial charge in [0, 0.05) is 27.4 Å². The molecular formula is C19H17BrN2O3. The molecule has 1 aromatic heterocycles. The van der Waals surface area contributed by atoms with Gasteiger partial charge < -0.3 is 19.7 Å². The molecule has 0 unspecified atom stereocenters. The molecule has 1 atom stereocenters. The van der Waals surface area contributed by atoms with Gasteiger partial charge in [-0.1, -0.05) is 22.0 Å². The van der Waals surface area contributed by atoms with Crippen LogP contribution in [0.2, 0.25) is 0 Å². The summed E-state index contributed by atoms with van der Waals surface area (Å²) in [6.45, 7) is 1.94. The number of phenolic OH excluding ortho intramolecular Hbond substituents is 1. The topological polar surface area (TPSA) is 67.0 Å². The van der Waals surface area contributed by atoms with Crippen molar-refractivity contribution in [2.45, 2.75) is 19.4 Å². The highest BCUT2D eigenvalue weighted by Gasteiger charge is 2.27. The number of furan rings is 1. The third kappa shape index (κ3) is 2.76. The molecule has 6 heteroatoms. The summed E-state index contributed by atoms with van der Waals surface area (Å²) in [4.78, 5) is 0. The number of halogens is 1. The van der Waals surface area contributed by atoms with Crippen LogP contribution in [0.3, 0.4) is 0 Å². The van der Waals surface area contributed by atoms with Crippen LogP contribution < -0.4 is 10.2 Å². The standard InChI is InChI=1S/C19H17BrN2O3/c1-10-19(14-8-12(24-2)4-6-18(14)25-10)16-9-15(21-22-16)13-5-3-11(20)7-17(13)23/h3-8,15,21,23H,9H2,1-2H3/t15-/m0/s1. The molecule has 25 heavy (non-hydrogen) atoms. The van der Waals surface area contributed by atoms with Crippen LogP contribution in [0.5, 0.6) is 11.5 Å². The molecule has 4 rings (SSSR count). The molecule has 0 bridgehead atoms. The number of hydrogen-bond donors (Lipinski definition) is 2. The number of nitrogens with one attached hydrogen (secondary N) is 1. The summed E-state index contributed by atoms with van der Waals surface area (Å²) in [5.41, 5.74) is 6.67. The minimum Gasteiger partial charge on any atom is -0.508 e. The molecule has 1 aliphatic rings. The lowest BCUT2D eigenvalue weighted by molar-refractivity contribution is 0.415. The molecule has 5 nitrogen and oxygen atoms in total.